The van der Waals surface area contributed by atoms with Crippen molar-refractivity contribution in [3.8, 4) is 5.75 Å². The zero-order valence-electron chi connectivity index (χ0n) is 13.9. The second-order valence-electron chi connectivity index (χ2n) is 5.45. The Labute approximate surface area is 146 Å². The van der Waals surface area contributed by atoms with Crippen LogP contribution in [0.2, 0.25) is 0 Å². The summed E-state index contributed by atoms with van der Waals surface area (Å²) in [6.45, 7) is 1.79. The zero-order valence-corrected chi connectivity index (χ0v) is 13.9. The summed E-state index contributed by atoms with van der Waals surface area (Å²) >= 11 is 0. The Morgan fingerprint density at radius 2 is 1.72 bits per heavy atom. The van der Waals surface area contributed by atoms with Gasteiger partial charge >= 0.3 is 5.97 Å². The molecule has 0 saturated carbocycles. The maximum Gasteiger partial charge on any atom is 0.303 e. The molecule has 0 saturated heterocycles. The fraction of sp³-hybridized carbons (Fsp3) is 0.211. The van der Waals surface area contributed by atoms with E-state index in [1.165, 1.54) is 0 Å². The molecule has 0 heterocycles. The fourth-order valence-corrected chi connectivity index (χ4v) is 2.07. The molecule has 6 heteroatoms. The number of hydrazone groups is 1. The Hall–Kier alpha value is -3.15. The lowest BCUT2D eigenvalue weighted by Crippen LogP contribution is -2.26. The van der Waals surface area contributed by atoms with E-state index in [0.29, 0.717) is 11.5 Å². The van der Waals surface area contributed by atoms with Gasteiger partial charge in [0.25, 0.3) is 5.91 Å². The second kappa shape index (κ2) is 9.22. The third-order valence-electron chi connectivity index (χ3n) is 3.39. The minimum Gasteiger partial charge on any atom is -0.484 e. The number of aryl methyl sites for hydroxylation is 1. The molecular weight excluding hydrogens is 320 g/mol. The Balaban J connectivity index is 1.95. The molecular formula is C19H20N2O4. The van der Waals surface area contributed by atoms with Crippen LogP contribution >= 0.6 is 0 Å². The summed E-state index contributed by atoms with van der Waals surface area (Å²) in [4.78, 5) is 22.7. The summed E-state index contributed by atoms with van der Waals surface area (Å²) in [6.07, 6.45) is 0.155. The average molecular weight is 340 g/mol. The fourth-order valence-electron chi connectivity index (χ4n) is 2.07. The van der Waals surface area contributed by atoms with Crippen molar-refractivity contribution < 1.29 is 19.4 Å². The van der Waals surface area contributed by atoms with Crippen LogP contribution in [0.25, 0.3) is 0 Å². The lowest BCUT2D eigenvalue weighted by atomic mass is 10.1. The Kier molecular flexibility index (Phi) is 6.71. The molecule has 0 spiro atoms. The quantitative estimate of drug-likeness (QED) is 0.571. The van der Waals surface area contributed by atoms with E-state index in [9.17, 15) is 9.59 Å². The first kappa shape index (κ1) is 18.2. The molecule has 0 unspecified atom stereocenters. The van der Waals surface area contributed by atoms with E-state index in [-0.39, 0.29) is 19.4 Å². The number of aliphatic carboxylic acids is 1. The number of carbonyl (C=O) groups excluding carboxylic acids is 1. The molecule has 2 aromatic rings. The molecule has 0 aliphatic carbocycles. The average Bonchev–Trinajstić information content (AvgIpc) is 2.62. The smallest absolute Gasteiger partial charge is 0.303 e. The van der Waals surface area contributed by atoms with Crippen LogP contribution in [0.1, 0.15) is 24.0 Å². The minimum absolute atomic E-state index is 0.0660. The number of carbonyl (C=O) groups is 2. The molecule has 0 aliphatic heterocycles. The van der Waals surface area contributed by atoms with Gasteiger partial charge in [0, 0.05) is 6.42 Å². The molecule has 6 nitrogen and oxygen atoms in total. The van der Waals surface area contributed by atoms with Gasteiger partial charge in [-0.1, -0.05) is 48.0 Å². The lowest BCUT2D eigenvalue weighted by Gasteiger charge is -2.08. The first-order chi connectivity index (χ1) is 12.0. The van der Waals surface area contributed by atoms with Gasteiger partial charge in [-0.25, -0.2) is 5.43 Å². The van der Waals surface area contributed by atoms with Crippen LogP contribution in [0.3, 0.4) is 0 Å². The second-order valence-corrected chi connectivity index (χ2v) is 5.45. The summed E-state index contributed by atoms with van der Waals surface area (Å²) in [6, 6.07) is 16.5. The summed E-state index contributed by atoms with van der Waals surface area (Å²) in [5.74, 6) is -0.735. The molecule has 0 fully saturated rings. The maximum atomic E-state index is 11.9. The summed E-state index contributed by atoms with van der Waals surface area (Å²) in [7, 11) is 0. The van der Waals surface area contributed by atoms with Crippen molar-refractivity contribution in [2.24, 2.45) is 5.10 Å². The van der Waals surface area contributed by atoms with Gasteiger partial charge in [0.15, 0.2) is 6.61 Å². The molecule has 130 valence electrons. The van der Waals surface area contributed by atoms with Crippen molar-refractivity contribution in [1.29, 1.82) is 0 Å². The largest absolute Gasteiger partial charge is 0.484 e. The minimum atomic E-state index is -0.919. The van der Waals surface area contributed by atoms with E-state index in [4.69, 9.17) is 9.84 Å². The summed E-state index contributed by atoms with van der Waals surface area (Å²) in [5.41, 5.74) is 4.80. The molecule has 2 rings (SSSR count). The van der Waals surface area contributed by atoms with Gasteiger partial charge in [0.1, 0.15) is 5.75 Å². The van der Waals surface area contributed by atoms with Crippen LogP contribution in [0.15, 0.2) is 59.7 Å². The van der Waals surface area contributed by atoms with Crippen LogP contribution in [-0.2, 0) is 9.59 Å². The van der Waals surface area contributed by atoms with E-state index in [2.05, 4.69) is 10.5 Å². The Morgan fingerprint density at radius 3 is 2.36 bits per heavy atom. The molecule has 25 heavy (non-hydrogen) atoms. The highest BCUT2D eigenvalue weighted by atomic mass is 16.5. The third-order valence-corrected chi connectivity index (χ3v) is 3.39. The SMILES string of the molecule is Cc1ccc(OCC(=O)N/N=C(\CCC(=O)O)c2ccccc2)cc1. The van der Waals surface area contributed by atoms with Gasteiger partial charge in [-0.15, -0.1) is 0 Å². The van der Waals surface area contributed by atoms with E-state index >= 15 is 0 Å². The number of carboxylic acids is 1. The standard InChI is InChI=1S/C19H20N2O4/c1-14-7-9-16(10-8-14)25-13-18(22)21-20-17(11-12-19(23)24)15-5-3-2-4-6-15/h2-10H,11-13H2,1H3,(H,21,22)(H,23,24)/b20-17+. The highest BCUT2D eigenvalue weighted by Gasteiger charge is 2.08. The van der Waals surface area contributed by atoms with Gasteiger partial charge in [-0.3, -0.25) is 9.59 Å². The summed E-state index contributed by atoms with van der Waals surface area (Å²) in [5, 5.41) is 12.9. The highest BCUT2D eigenvalue weighted by molar-refractivity contribution is 6.02. The zero-order chi connectivity index (χ0) is 18.1. The van der Waals surface area contributed by atoms with Gasteiger partial charge in [0.2, 0.25) is 0 Å². The number of hydrogen-bond donors (Lipinski definition) is 2. The van der Waals surface area contributed by atoms with Crippen LogP contribution in [0, 0.1) is 6.92 Å². The third kappa shape index (κ3) is 6.47. The number of benzene rings is 2. The van der Waals surface area contributed by atoms with Gasteiger partial charge in [0.05, 0.1) is 12.1 Å². The van der Waals surface area contributed by atoms with Crippen molar-refractivity contribution in [1.82, 2.24) is 5.43 Å². The van der Waals surface area contributed by atoms with E-state index in [1.54, 1.807) is 12.1 Å². The molecule has 2 N–H and O–H groups in total. The first-order valence-corrected chi connectivity index (χ1v) is 7.86. The van der Waals surface area contributed by atoms with Crippen LogP contribution < -0.4 is 10.2 Å². The molecule has 1 amide bonds. The predicted octanol–water partition coefficient (Wildman–Crippen LogP) is 2.76. The molecule has 0 aliphatic rings. The van der Waals surface area contributed by atoms with E-state index in [1.807, 2.05) is 49.4 Å². The number of ether oxygens (including phenoxy) is 1. The van der Waals surface area contributed by atoms with Crippen molar-refractivity contribution >= 4 is 17.6 Å². The topological polar surface area (TPSA) is 88.0 Å². The molecule has 0 radical (unpaired) electrons. The van der Waals surface area contributed by atoms with Crippen LogP contribution in [0.5, 0.6) is 5.75 Å². The monoisotopic (exact) mass is 340 g/mol. The number of nitrogens with one attached hydrogen (secondary N) is 1. The molecule has 2 aromatic carbocycles. The van der Waals surface area contributed by atoms with Crippen LogP contribution in [-0.4, -0.2) is 29.3 Å². The van der Waals surface area contributed by atoms with Crippen molar-refractivity contribution in [3.05, 3.63) is 65.7 Å². The normalized spacial score (nSPS) is 11.0. The van der Waals surface area contributed by atoms with E-state index < -0.39 is 11.9 Å². The molecule has 0 aromatic heterocycles. The number of carboxylic acid groups (broad SMARTS) is 1. The van der Waals surface area contributed by atoms with Gasteiger partial charge in [-0.2, -0.15) is 5.10 Å². The van der Waals surface area contributed by atoms with Crippen molar-refractivity contribution in [2.75, 3.05) is 6.61 Å². The maximum absolute atomic E-state index is 11.9. The van der Waals surface area contributed by atoms with Crippen LogP contribution in [0.4, 0.5) is 0 Å². The van der Waals surface area contributed by atoms with Crippen molar-refractivity contribution in [2.45, 2.75) is 19.8 Å². The number of amides is 1. The number of rotatable bonds is 8. The Morgan fingerprint density at radius 1 is 1.04 bits per heavy atom. The predicted molar refractivity (Wildman–Crippen MR) is 94.7 cm³/mol. The van der Waals surface area contributed by atoms with E-state index in [0.717, 1.165) is 11.1 Å². The lowest BCUT2D eigenvalue weighted by molar-refractivity contribution is -0.136. The number of hydrogen-bond acceptors (Lipinski definition) is 4. The molecule has 0 atom stereocenters. The van der Waals surface area contributed by atoms with Crippen molar-refractivity contribution in [3.63, 3.8) is 0 Å². The molecule has 0 bridgehead atoms. The highest BCUT2D eigenvalue weighted by Crippen LogP contribution is 2.11. The number of nitrogens with zero attached hydrogens (tertiary/aromatic N) is 1. The first-order valence-electron chi connectivity index (χ1n) is 7.86. The van der Waals surface area contributed by atoms with Gasteiger partial charge < -0.3 is 9.84 Å². The van der Waals surface area contributed by atoms with Gasteiger partial charge in [-0.05, 0) is 24.6 Å². The Bertz CT molecular complexity index is 740. The summed E-state index contributed by atoms with van der Waals surface area (Å²) < 4.78 is 5.38.